The van der Waals surface area contributed by atoms with Crippen molar-refractivity contribution in [3.8, 4) is 5.75 Å². The summed E-state index contributed by atoms with van der Waals surface area (Å²) >= 11 is 0. The largest absolute Gasteiger partial charge is 0.497 e. The minimum atomic E-state index is 0.0666. The molecule has 0 spiro atoms. The van der Waals surface area contributed by atoms with Gasteiger partial charge in [0.1, 0.15) is 23.1 Å². The number of nitrogens with one attached hydrogen (secondary N) is 1. The topological polar surface area (TPSA) is 76.0 Å². The highest BCUT2D eigenvalue weighted by Crippen LogP contribution is 2.30. The van der Waals surface area contributed by atoms with E-state index in [9.17, 15) is 4.79 Å². The maximum absolute atomic E-state index is 13.0. The molecule has 0 unspecified atom stereocenters. The van der Waals surface area contributed by atoms with Gasteiger partial charge in [-0.3, -0.25) is 4.79 Å². The molecule has 1 saturated heterocycles. The lowest BCUT2D eigenvalue weighted by atomic mass is 9.95. The van der Waals surface area contributed by atoms with E-state index in [1.807, 2.05) is 29.2 Å². The first-order chi connectivity index (χ1) is 13.7. The van der Waals surface area contributed by atoms with Crippen molar-refractivity contribution in [2.45, 2.75) is 44.6 Å². The van der Waals surface area contributed by atoms with Gasteiger partial charge >= 0.3 is 0 Å². The van der Waals surface area contributed by atoms with Gasteiger partial charge in [0.2, 0.25) is 0 Å². The molecule has 28 heavy (non-hydrogen) atoms. The number of fused-ring (bicyclic) bond motifs is 2. The number of hydrogen-bond acceptors (Lipinski definition) is 4. The molecule has 0 atom stereocenters. The standard InChI is InChI=1S/C21H25N5O2/c1-28-16-5-6-17-15(12-16)13-18(22-17)21(27)25-10-7-14(8-11-25)20-24-23-19-4-2-3-9-26(19)20/h5-6,12-14,22H,2-4,7-11H2,1H3. The maximum atomic E-state index is 13.0. The molecule has 1 aromatic carbocycles. The summed E-state index contributed by atoms with van der Waals surface area (Å²) in [5, 5.41) is 9.87. The summed E-state index contributed by atoms with van der Waals surface area (Å²) in [4.78, 5) is 18.2. The van der Waals surface area contributed by atoms with E-state index >= 15 is 0 Å². The zero-order valence-corrected chi connectivity index (χ0v) is 16.1. The monoisotopic (exact) mass is 379 g/mol. The van der Waals surface area contributed by atoms with Crippen molar-refractivity contribution < 1.29 is 9.53 Å². The van der Waals surface area contributed by atoms with Crippen LogP contribution in [0.25, 0.3) is 10.9 Å². The van der Waals surface area contributed by atoms with Crippen LogP contribution in [0.15, 0.2) is 24.3 Å². The first-order valence-corrected chi connectivity index (χ1v) is 10.1. The molecule has 7 nitrogen and oxygen atoms in total. The van der Waals surface area contributed by atoms with E-state index in [-0.39, 0.29) is 5.91 Å². The van der Waals surface area contributed by atoms with Gasteiger partial charge in [-0.25, -0.2) is 0 Å². The lowest BCUT2D eigenvalue weighted by molar-refractivity contribution is 0.0705. The molecule has 0 aliphatic carbocycles. The summed E-state index contributed by atoms with van der Waals surface area (Å²) in [7, 11) is 1.65. The first kappa shape index (κ1) is 17.3. The van der Waals surface area contributed by atoms with Crippen LogP contribution in [0, 0.1) is 0 Å². The van der Waals surface area contributed by atoms with Crippen molar-refractivity contribution in [1.82, 2.24) is 24.6 Å². The van der Waals surface area contributed by atoms with E-state index in [2.05, 4.69) is 19.7 Å². The SMILES string of the molecule is COc1ccc2[nH]c(C(=O)N3CCC(c4nnc5n4CCCC5)CC3)cc2c1. The van der Waals surface area contributed by atoms with Crippen LogP contribution in [-0.2, 0) is 13.0 Å². The predicted octanol–water partition coefficient (Wildman–Crippen LogP) is 3.12. The summed E-state index contributed by atoms with van der Waals surface area (Å²) in [6.07, 6.45) is 5.34. The number of ether oxygens (including phenoxy) is 1. The third kappa shape index (κ3) is 2.95. The predicted molar refractivity (Wildman–Crippen MR) is 106 cm³/mol. The summed E-state index contributed by atoms with van der Waals surface area (Å²) in [5.41, 5.74) is 1.59. The molecule has 7 heteroatoms. The minimum Gasteiger partial charge on any atom is -0.497 e. The lowest BCUT2D eigenvalue weighted by Crippen LogP contribution is -2.38. The number of aryl methyl sites for hydroxylation is 1. The summed E-state index contributed by atoms with van der Waals surface area (Å²) in [5.74, 6) is 3.52. The summed E-state index contributed by atoms with van der Waals surface area (Å²) in [6.45, 7) is 2.55. The molecule has 0 saturated carbocycles. The van der Waals surface area contributed by atoms with Gasteiger partial charge in [0, 0.05) is 42.9 Å². The van der Waals surface area contributed by atoms with Crippen LogP contribution in [0.1, 0.15) is 53.7 Å². The third-order valence-corrected chi connectivity index (χ3v) is 6.09. The smallest absolute Gasteiger partial charge is 0.270 e. The Kier molecular flexibility index (Phi) is 4.30. The van der Waals surface area contributed by atoms with Gasteiger partial charge in [-0.15, -0.1) is 10.2 Å². The van der Waals surface area contributed by atoms with Gasteiger partial charge in [-0.1, -0.05) is 0 Å². The number of likely N-dealkylation sites (tertiary alicyclic amines) is 1. The molecular weight excluding hydrogens is 354 g/mol. The number of piperidine rings is 1. The molecule has 3 aromatic rings. The normalized spacial score (nSPS) is 17.7. The van der Waals surface area contributed by atoms with E-state index in [4.69, 9.17) is 4.74 Å². The van der Waals surface area contributed by atoms with Crippen molar-refractivity contribution in [1.29, 1.82) is 0 Å². The van der Waals surface area contributed by atoms with Crippen LogP contribution in [-0.4, -0.2) is 50.8 Å². The van der Waals surface area contributed by atoms with E-state index in [1.54, 1.807) is 7.11 Å². The van der Waals surface area contributed by atoms with E-state index < -0.39 is 0 Å². The molecule has 5 rings (SSSR count). The van der Waals surface area contributed by atoms with Gasteiger partial charge in [0.15, 0.2) is 0 Å². The number of hydrogen-bond donors (Lipinski definition) is 1. The second-order valence-electron chi connectivity index (χ2n) is 7.79. The molecule has 2 aliphatic heterocycles. The second kappa shape index (κ2) is 6.96. The molecule has 0 bridgehead atoms. The number of aromatic amines is 1. The molecule has 2 aromatic heterocycles. The number of amides is 1. The van der Waals surface area contributed by atoms with Crippen LogP contribution in [0.2, 0.25) is 0 Å². The van der Waals surface area contributed by atoms with Crippen LogP contribution >= 0.6 is 0 Å². The summed E-state index contributed by atoms with van der Waals surface area (Å²) < 4.78 is 7.59. The van der Waals surface area contributed by atoms with Crippen molar-refractivity contribution in [3.05, 3.63) is 41.6 Å². The highest BCUT2D eigenvalue weighted by molar-refractivity contribution is 5.98. The Morgan fingerprint density at radius 2 is 2.00 bits per heavy atom. The molecule has 1 amide bonds. The zero-order chi connectivity index (χ0) is 19.1. The van der Waals surface area contributed by atoms with E-state index in [0.717, 1.165) is 67.2 Å². The van der Waals surface area contributed by atoms with Crippen molar-refractivity contribution in [3.63, 3.8) is 0 Å². The Hall–Kier alpha value is -2.83. The third-order valence-electron chi connectivity index (χ3n) is 6.09. The highest BCUT2D eigenvalue weighted by atomic mass is 16.5. The number of aromatic nitrogens is 4. The van der Waals surface area contributed by atoms with Gasteiger partial charge in [0.05, 0.1) is 7.11 Å². The number of carbonyl (C=O) groups is 1. The molecule has 2 aliphatic rings. The Balaban J connectivity index is 1.29. The quantitative estimate of drug-likeness (QED) is 0.759. The van der Waals surface area contributed by atoms with E-state index in [1.165, 1.54) is 12.8 Å². The Morgan fingerprint density at radius 3 is 2.82 bits per heavy atom. The molecule has 4 heterocycles. The number of methoxy groups -OCH3 is 1. The first-order valence-electron chi connectivity index (χ1n) is 10.1. The average molecular weight is 379 g/mol. The lowest BCUT2D eigenvalue weighted by Gasteiger charge is -2.31. The van der Waals surface area contributed by atoms with E-state index in [0.29, 0.717) is 11.6 Å². The molecule has 1 N–H and O–H groups in total. The zero-order valence-electron chi connectivity index (χ0n) is 16.1. The van der Waals surface area contributed by atoms with Gasteiger partial charge in [-0.2, -0.15) is 0 Å². The fourth-order valence-electron chi connectivity index (χ4n) is 4.50. The fraction of sp³-hybridized carbons (Fsp3) is 0.476. The van der Waals surface area contributed by atoms with Gasteiger partial charge < -0.3 is 19.2 Å². The Labute approximate surface area is 163 Å². The number of H-pyrrole nitrogens is 1. The molecule has 1 fully saturated rings. The average Bonchev–Trinajstić information content (AvgIpc) is 3.37. The van der Waals surface area contributed by atoms with Crippen LogP contribution in [0.4, 0.5) is 0 Å². The number of benzene rings is 1. The van der Waals surface area contributed by atoms with Gasteiger partial charge in [0.25, 0.3) is 5.91 Å². The molecular formula is C21H25N5O2. The fourth-order valence-corrected chi connectivity index (χ4v) is 4.50. The van der Waals surface area contributed by atoms with Gasteiger partial charge in [-0.05, 0) is 49.9 Å². The molecule has 146 valence electrons. The van der Waals surface area contributed by atoms with Crippen molar-refractivity contribution in [2.24, 2.45) is 0 Å². The van der Waals surface area contributed by atoms with Crippen LogP contribution in [0.5, 0.6) is 5.75 Å². The van der Waals surface area contributed by atoms with Crippen molar-refractivity contribution >= 4 is 16.8 Å². The minimum absolute atomic E-state index is 0.0666. The number of nitrogens with zero attached hydrogens (tertiary/aromatic N) is 4. The maximum Gasteiger partial charge on any atom is 0.270 e. The Bertz CT molecular complexity index is 1010. The van der Waals surface area contributed by atoms with Crippen LogP contribution in [0.3, 0.4) is 0 Å². The number of carbonyl (C=O) groups excluding carboxylic acids is 1. The highest BCUT2D eigenvalue weighted by Gasteiger charge is 2.29. The number of rotatable bonds is 3. The van der Waals surface area contributed by atoms with Crippen molar-refractivity contribution in [2.75, 3.05) is 20.2 Å². The Morgan fingerprint density at radius 1 is 1.14 bits per heavy atom. The second-order valence-corrected chi connectivity index (χ2v) is 7.79. The van der Waals surface area contributed by atoms with Crippen LogP contribution < -0.4 is 4.74 Å². The molecule has 0 radical (unpaired) electrons. The summed E-state index contributed by atoms with van der Waals surface area (Å²) in [6, 6.07) is 7.72.